The zero-order valence-corrected chi connectivity index (χ0v) is 12.0. The molecule has 0 atom stereocenters. The Kier molecular flexibility index (Phi) is 3.80. The monoisotopic (exact) mass is 333 g/mol. The van der Waals surface area contributed by atoms with Gasteiger partial charge in [0.25, 0.3) is 0 Å². The number of aromatic nitrogens is 2. The first-order valence-corrected chi connectivity index (χ1v) is 6.79. The third-order valence-corrected chi connectivity index (χ3v) is 3.23. The van der Waals surface area contributed by atoms with E-state index in [0.717, 1.165) is 12.1 Å². The molecule has 0 aliphatic rings. The number of alkyl halides is 3. The smallest absolute Gasteiger partial charge is 0.416 e. The molecule has 24 heavy (non-hydrogen) atoms. The zero-order valence-electron chi connectivity index (χ0n) is 12.0. The Bertz CT molecular complexity index is 926. The molecule has 0 spiro atoms. The standard InChI is InChI=1S/C16H10F3N3O2/c17-16(18,19)9-4-3-5-10(8-9)20-14-13(15(23)24)21-11-6-1-2-7-12(11)22-14/h1-8H,(H,20,22)(H,23,24). The second-order valence-corrected chi connectivity index (χ2v) is 4.92. The van der Waals surface area contributed by atoms with Crippen LogP contribution < -0.4 is 5.32 Å². The minimum absolute atomic E-state index is 0.0666. The second kappa shape index (κ2) is 5.80. The molecule has 5 nitrogen and oxygen atoms in total. The number of aromatic carboxylic acids is 1. The first kappa shape index (κ1) is 15.7. The van der Waals surface area contributed by atoms with Crippen LogP contribution in [0.25, 0.3) is 11.0 Å². The maximum Gasteiger partial charge on any atom is 0.416 e. The van der Waals surface area contributed by atoms with Crippen LogP contribution >= 0.6 is 0 Å². The van der Waals surface area contributed by atoms with Gasteiger partial charge < -0.3 is 10.4 Å². The number of halogens is 3. The van der Waals surface area contributed by atoms with Gasteiger partial charge in [-0.25, -0.2) is 14.8 Å². The molecule has 3 aromatic rings. The van der Waals surface area contributed by atoms with Crippen molar-refractivity contribution in [2.45, 2.75) is 6.18 Å². The van der Waals surface area contributed by atoms with E-state index >= 15 is 0 Å². The Morgan fingerprint density at radius 3 is 2.29 bits per heavy atom. The van der Waals surface area contributed by atoms with Gasteiger partial charge in [0.2, 0.25) is 0 Å². The summed E-state index contributed by atoms with van der Waals surface area (Å²) in [5, 5.41) is 11.9. The molecule has 3 rings (SSSR count). The second-order valence-electron chi connectivity index (χ2n) is 4.92. The average molecular weight is 333 g/mol. The highest BCUT2D eigenvalue weighted by molar-refractivity contribution is 5.94. The summed E-state index contributed by atoms with van der Waals surface area (Å²) in [6.45, 7) is 0. The Morgan fingerprint density at radius 2 is 1.67 bits per heavy atom. The molecule has 1 heterocycles. The largest absolute Gasteiger partial charge is 0.476 e. The summed E-state index contributed by atoms with van der Waals surface area (Å²) in [5.74, 6) is -1.46. The van der Waals surface area contributed by atoms with E-state index in [1.54, 1.807) is 24.3 Å². The first-order valence-electron chi connectivity index (χ1n) is 6.79. The van der Waals surface area contributed by atoms with Crippen molar-refractivity contribution < 1.29 is 23.1 Å². The number of carbonyl (C=O) groups is 1. The molecule has 0 aliphatic carbocycles. The Hall–Kier alpha value is -3.16. The summed E-state index contributed by atoms with van der Waals surface area (Å²) in [6.07, 6.45) is -4.50. The number of carboxylic acids is 1. The van der Waals surface area contributed by atoms with Crippen LogP contribution in [0.3, 0.4) is 0 Å². The van der Waals surface area contributed by atoms with Gasteiger partial charge in [0.05, 0.1) is 16.6 Å². The molecular weight excluding hydrogens is 323 g/mol. The van der Waals surface area contributed by atoms with Crippen LogP contribution in [0.15, 0.2) is 48.5 Å². The molecule has 0 radical (unpaired) electrons. The fraction of sp³-hybridized carbons (Fsp3) is 0.0625. The lowest BCUT2D eigenvalue weighted by Crippen LogP contribution is -2.09. The molecular formula is C16H10F3N3O2. The Labute approximate surface area is 133 Å². The SMILES string of the molecule is O=C(O)c1nc2ccccc2nc1Nc1cccc(C(F)(F)F)c1. The van der Waals surface area contributed by atoms with Crippen molar-refractivity contribution in [3.63, 3.8) is 0 Å². The average Bonchev–Trinajstić information content (AvgIpc) is 2.53. The number of fused-ring (bicyclic) bond motifs is 1. The topological polar surface area (TPSA) is 75.1 Å². The van der Waals surface area contributed by atoms with E-state index in [1.807, 2.05) is 0 Å². The molecule has 8 heteroatoms. The number of hydrogen-bond acceptors (Lipinski definition) is 4. The molecule has 122 valence electrons. The molecule has 0 aliphatic heterocycles. The lowest BCUT2D eigenvalue weighted by Gasteiger charge is -2.12. The number of benzene rings is 2. The first-order chi connectivity index (χ1) is 11.3. The summed E-state index contributed by atoms with van der Waals surface area (Å²) in [7, 11) is 0. The van der Waals surface area contributed by atoms with Crippen molar-refractivity contribution in [1.82, 2.24) is 9.97 Å². The minimum atomic E-state index is -4.50. The fourth-order valence-corrected chi connectivity index (χ4v) is 2.15. The highest BCUT2D eigenvalue weighted by atomic mass is 19.4. The third-order valence-electron chi connectivity index (χ3n) is 3.23. The van der Waals surface area contributed by atoms with Gasteiger partial charge in [0, 0.05) is 5.69 Å². The molecule has 0 saturated heterocycles. The van der Waals surface area contributed by atoms with Gasteiger partial charge >= 0.3 is 12.1 Å². The molecule has 0 unspecified atom stereocenters. The van der Waals surface area contributed by atoms with E-state index in [-0.39, 0.29) is 17.2 Å². The van der Waals surface area contributed by atoms with Gasteiger partial charge in [0.15, 0.2) is 11.5 Å². The van der Waals surface area contributed by atoms with Gasteiger partial charge in [-0.3, -0.25) is 0 Å². The molecule has 0 bridgehead atoms. The van der Waals surface area contributed by atoms with Gasteiger partial charge in [-0.1, -0.05) is 18.2 Å². The fourth-order valence-electron chi connectivity index (χ4n) is 2.15. The number of nitrogens with zero attached hydrogens (tertiary/aromatic N) is 2. The molecule has 0 saturated carbocycles. The van der Waals surface area contributed by atoms with Crippen LogP contribution in [0.2, 0.25) is 0 Å². The van der Waals surface area contributed by atoms with E-state index in [0.29, 0.717) is 11.0 Å². The molecule has 2 N–H and O–H groups in total. The van der Waals surface area contributed by atoms with Crippen molar-refractivity contribution in [3.8, 4) is 0 Å². The summed E-state index contributed by atoms with van der Waals surface area (Å²) in [5.41, 5.74) is -0.345. The zero-order chi connectivity index (χ0) is 17.3. The van der Waals surface area contributed by atoms with Crippen LogP contribution in [0.4, 0.5) is 24.7 Å². The number of para-hydroxylation sites is 2. The number of rotatable bonds is 3. The van der Waals surface area contributed by atoms with Gasteiger partial charge in [-0.15, -0.1) is 0 Å². The Balaban J connectivity index is 2.06. The molecule has 1 aromatic heterocycles. The number of anilines is 2. The number of carboxylic acid groups (broad SMARTS) is 1. The van der Waals surface area contributed by atoms with Crippen LogP contribution in [-0.2, 0) is 6.18 Å². The maximum atomic E-state index is 12.8. The van der Waals surface area contributed by atoms with E-state index in [1.165, 1.54) is 12.1 Å². The molecule has 0 amide bonds. The quantitative estimate of drug-likeness (QED) is 0.755. The van der Waals surface area contributed by atoms with Crippen molar-refractivity contribution in [3.05, 3.63) is 59.8 Å². The highest BCUT2D eigenvalue weighted by Gasteiger charge is 2.30. The summed E-state index contributed by atoms with van der Waals surface area (Å²) < 4.78 is 38.3. The number of nitrogens with one attached hydrogen (secondary N) is 1. The predicted octanol–water partition coefficient (Wildman–Crippen LogP) is 4.09. The van der Waals surface area contributed by atoms with Crippen molar-refractivity contribution in [2.75, 3.05) is 5.32 Å². The highest BCUT2D eigenvalue weighted by Crippen LogP contribution is 2.31. The van der Waals surface area contributed by atoms with Crippen LogP contribution in [0, 0.1) is 0 Å². The van der Waals surface area contributed by atoms with Gasteiger partial charge in [-0.05, 0) is 30.3 Å². The predicted molar refractivity (Wildman–Crippen MR) is 81.2 cm³/mol. The Morgan fingerprint density at radius 1 is 1.00 bits per heavy atom. The van der Waals surface area contributed by atoms with Crippen LogP contribution in [0.1, 0.15) is 16.1 Å². The van der Waals surface area contributed by atoms with E-state index in [2.05, 4.69) is 15.3 Å². The van der Waals surface area contributed by atoms with Crippen LogP contribution in [0.5, 0.6) is 0 Å². The summed E-state index contributed by atoms with van der Waals surface area (Å²) in [4.78, 5) is 19.5. The lowest BCUT2D eigenvalue weighted by molar-refractivity contribution is -0.137. The normalized spacial score (nSPS) is 11.5. The lowest BCUT2D eigenvalue weighted by atomic mass is 10.2. The van der Waals surface area contributed by atoms with E-state index in [9.17, 15) is 23.1 Å². The minimum Gasteiger partial charge on any atom is -0.476 e. The van der Waals surface area contributed by atoms with Gasteiger partial charge in [-0.2, -0.15) is 13.2 Å². The van der Waals surface area contributed by atoms with Crippen molar-refractivity contribution >= 4 is 28.5 Å². The molecule has 0 fully saturated rings. The van der Waals surface area contributed by atoms with Crippen molar-refractivity contribution in [1.29, 1.82) is 0 Å². The van der Waals surface area contributed by atoms with E-state index < -0.39 is 17.7 Å². The van der Waals surface area contributed by atoms with E-state index in [4.69, 9.17) is 0 Å². The number of hydrogen-bond donors (Lipinski definition) is 2. The van der Waals surface area contributed by atoms with Crippen molar-refractivity contribution in [2.24, 2.45) is 0 Å². The summed E-state index contributed by atoms with van der Waals surface area (Å²) in [6, 6.07) is 11.0. The van der Waals surface area contributed by atoms with Crippen LogP contribution in [-0.4, -0.2) is 21.0 Å². The summed E-state index contributed by atoms with van der Waals surface area (Å²) >= 11 is 0. The molecule has 2 aromatic carbocycles. The maximum absolute atomic E-state index is 12.8. The third kappa shape index (κ3) is 3.12. The van der Waals surface area contributed by atoms with Gasteiger partial charge in [0.1, 0.15) is 0 Å².